The van der Waals surface area contributed by atoms with Gasteiger partial charge in [-0.05, 0) is 31.5 Å². The van der Waals surface area contributed by atoms with E-state index in [1.807, 2.05) is 11.8 Å². The number of nitrogens with one attached hydrogen (secondary N) is 1. The van der Waals surface area contributed by atoms with E-state index in [0.29, 0.717) is 22.8 Å². The van der Waals surface area contributed by atoms with Gasteiger partial charge in [0.25, 0.3) is 5.91 Å². The zero-order valence-corrected chi connectivity index (χ0v) is 17.6. The Balaban J connectivity index is 0.00000196. The summed E-state index contributed by atoms with van der Waals surface area (Å²) in [5.74, 6) is -0.157. The van der Waals surface area contributed by atoms with Crippen LogP contribution in [0.15, 0.2) is 29.6 Å². The van der Waals surface area contributed by atoms with Crippen molar-refractivity contribution in [2.24, 2.45) is 0 Å². The fourth-order valence-electron chi connectivity index (χ4n) is 3.08. The van der Waals surface area contributed by atoms with Gasteiger partial charge in [0, 0.05) is 30.1 Å². The standard InChI is InChI=1S/C18H20F3N3OS.2ClH/c1-2-8-24(14-6-7-22-10-14)17(25)15-11-26-16(23-15)12-4-3-5-13(9-12)18(19,20)21;;/h3-5,9,11,14,22H,2,6-8,10H2,1H3;2*1H. The number of hydrogen-bond donors (Lipinski definition) is 1. The molecule has 4 nitrogen and oxygen atoms in total. The predicted octanol–water partition coefficient (Wildman–Crippen LogP) is 4.89. The highest BCUT2D eigenvalue weighted by Gasteiger charge is 2.31. The van der Waals surface area contributed by atoms with Crippen LogP contribution in [0.2, 0.25) is 0 Å². The summed E-state index contributed by atoms with van der Waals surface area (Å²) in [6, 6.07) is 5.17. The summed E-state index contributed by atoms with van der Waals surface area (Å²) in [6.45, 7) is 4.29. The molecule has 0 saturated carbocycles. The van der Waals surface area contributed by atoms with Crippen molar-refractivity contribution >= 4 is 42.1 Å². The maximum absolute atomic E-state index is 12.9. The van der Waals surface area contributed by atoms with Crippen LogP contribution in [0.3, 0.4) is 0 Å². The normalized spacial score (nSPS) is 16.2. The van der Waals surface area contributed by atoms with Crippen LogP contribution < -0.4 is 5.32 Å². The monoisotopic (exact) mass is 455 g/mol. The Morgan fingerprint density at radius 1 is 1.36 bits per heavy atom. The van der Waals surface area contributed by atoms with E-state index in [1.54, 1.807) is 11.4 Å². The van der Waals surface area contributed by atoms with Gasteiger partial charge in [0.2, 0.25) is 0 Å². The van der Waals surface area contributed by atoms with Gasteiger partial charge in [0.05, 0.1) is 5.56 Å². The van der Waals surface area contributed by atoms with E-state index >= 15 is 0 Å². The molecule has 1 aliphatic heterocycles. The molecule has 1 fully saturated rings. The van der Waals surface area contributed by atoms with E-state index < -0.39 is 11.7 Å². The molecule has 28 heavy (non-hydrogen) atoms. The van der Waals surface area contributed by atoms with Crippen LogP contribution in [0.4, 0.5) is 13.2 Å². The van der Waals surface area contributed by atoms with Crippen molar-refractivity contribution in [3.05, 3.63) is 40.9 Å². The smallest absolute Gasteiger partial charge is 0.333 e. The Morgan fingerprint density at radius 2 is 2.11 bits per heavy atom. The van der Waals surface area contributed by atoms with Crippen molar-refractivity contribution in [1.82, 2.24) is 15.2 Å². The number of nitrogens with zero attached hydrogens (tertiary/aromatic N) is 2. The lowest BCUT2D eigenvalue weighted by molar-refractivity contribution is -0.137. The minimum atomic E-state index is -4.40. The van der Waals surface area contributed by atoms with Crippen LogP contribution in [0.25, 0.3) is 10.6 Å². The van der Waals surface area contributed by atoms with Crippen LogP contribution in [-0.4, -0.2) is 41.5 Å². The van der Waals surface area contributed by atoms with Gasteiger partial charge in [-0.2, -0.15) is 13.2 Å². The first kappa shape index (κ1) is 24.7. The lowest BCUT2D eigenvalue weighted by Crippen LogP contribution is -2.42. The zero-order valence-electron chi connectivity index (χ0n) is 15.2. The van der Waals surface area contributed by atoms with Crippen LogP contribution in [0.1, 0.15) is 35.8 Å². The number of amides is 1. The first-order chi connectivity index (χ1) is 12.4. The molecule has 1 aromatic heterocycles. The predicted molar refractivity (Wildman–Crippen MR) is 110 cm³/mol. The molecule has 1 amide bonds. The molecule has 2 heterocycles. The molecule has 1 atom stereocenters. The maximum atomic E-state index is 12.9. The number of carbonyl (C=O) groups is 1. The van der Waals surface area contributed by atoms with Gasteiger partial charge in [-0.15, -0.1) is 36.2 Å². The number of alkyl halides is 3. The molecule has 1 aliphatic rings. The molecule has 1 aromatic carbocycles. The molecule has 0 aliphatic carbocycles. The summed E-state index contributed by atoms with van der Waals surface area (Å²) in [5.41, 5.74) is -0.0565. The molecule has 1 saturated heterocycles. The molecule has 3 rings (SSSR count). The first-order valence-electron chi connectivity index (χ1n) is 8.55. The van der Waals surface area contributed by atoms with Crippen LogP contribution in [-0.2, 0) is 6.18 Å². The molecule has 1 N–H and O–H groups in total. The van der Waals surface area contributed by atoms with E-state index in [0.717, 1.165) is 38.1 Å². The average Bonchev–Trinajstić information content (AvgIpc) is 3.30. The minimum Gasteiger partial charge on any atom is -0.333 e. The Hall–Kier alpha value is -1.35. The van der Waals surface area contributed by atoms with Gasteiger partial charge >= 0.3 is 6.18 Å². The van der Waals surface area contributed by atoms with Gasteiger partial charge in [-0.1, -0.05) is 19.1 Å². The van der Waals surface area contributed by atoms with Crippen molar-refractivity contribution in [3.8, 4) is 10.6 Å². The third kappa shape index (κ3) is 5.59. The van der Waals surface area contributed by atoms with Gasteiger partial charge in [-0.25, -0.2) is 4.98 Å². The highest BCUT2D eigenvalue weighted by Crippen LogP contribution is 2.33. The van der Waals surface area contributed by atoms with Gasteiger partial charge in [-0.3, -0.25) is 4.79 Å². The average molecular weight is 456 g/mol. The summed E-state index contributed by atoms with van der Waals surface area (Å²) in [6.07, 6.45) is -2.66. The number of rotatable bonds is 5. The molecule has 156 valence electrons. The fraction of sp³-hybridized carbons (Fsp3) is 0.444. The Labute approximate surface area is 178 Å². The summed E-state index contributed by atoms with van der Waals surface area (Å²) in [4.78, 5) is 19.0. The number of hydrogen-bond acceptors (Lipinski definition) is 4. The van der Waals surface area contributed by atoms with Gasteiger partial charge in [0.1, 0.15) is 10.7 Å². The summed E-state index contributed by atoms with van der Waals surface area (Å²) >= 11 is 1.19. The highest BCUT2D eigenvalue weighted by atomic mass is 35.5. The lowest BCUT2D eigenvalue weighted by Gasteiger charge is -2.27. The molecular weight excluding hydrogens is 434 g/mol. The van der Waals surface area contributed by atoms with E-state index in [4.69, 9.17) is 0 Å². The minimum absolute atomic E-state index is 0. The molecule has 0 bridgehead atoms. The first-order valence-corrected chi connectivity index (χ1v) is 9.43. The topological polar surface area (TPSA) is 45.2 Å². The number of thiazole rings is 1. The van der Waals surface area contributed by atoms with Crippen molar-refractivity contribution in [3.63, 3.8) is 0 Å². The third-order valence-corrected chi connectivity index (χ3v) is 5.25. The fourth-order valence-corrected chi connectivity index (χ4v) is 3.87. The van der Waals surface area contributed by atoms with Crippen molar-refractivity contribution in [2.75, 3.05) is 19.6 Å². The quantitative estimate of drug-likeness (QED) is 0.697. The molecular formula is C18H22Cl2F3N3OS. The molecule has 10 heteroatoms. The van der Waals surface area contributed by atoms with Crippen LogP contribution in [0, 0.1) is 0 Å². The van der Waals surface area contributed by atoms with Crippen LogP contribution in [0.5, 0.6) is 0 Å². The largest absolute Gasteiger partial charge is 0.416 e. The second-order valence-electron chi connectivity index (χ2n) is 6.26. The Kier molecular flexibility index (Phi) is 9.20. The van der Waals surface area contributed by atoms with Crippen molar-refractivity contribution < 1.29 is 18.0 Å². The highest BCUT2D eigenvalue weighted by molar-refractivity contribution is 7.13. The van der Waals surface area contributed by atoms with Gasteiger partial charge in [0.15, 0.2) is 0 Å². The summed E-state index contributed by atoms with van der Waals surface area (Å²) < 4.78 is 38.7. The van der Waals surface area contributed by atoms with Crippen molar-refractivity contribution in [2.45, 2.75) is 32.0 Å². The molecule has 2 aromatic rings. The second kappa shape index (κ2) is 10.4. The van der Waals surface area contributed by atoms with Gasteiger partial charge < -0.3 is 10.2 Å². The van der Waals surface area contributed by atoms with Crippen LogP contribution >= 0.6 is 36.2 Å². The van der Waals surface area contributed by atoms with Crippen molar-refractivity contribution in [1.29, 1.82) is 0 Å². The Morgan fingerprint density at radius 3 is 2.71 bits per heavy atom. The SMILES string of the molecule is CCCN(C(=O)c1csc(-c2cccc(C(F)(F)F)c2)n1)C1CCNC1.Cl.Cl. The summed E-state index contributed by atoms with van der Waals surface area (Å²) in [7, 11) is 0. The summed E-state index contributed by atoms with van der Waals surface area (Å²) in [5, 5.41) is 5.30. The van der Waals surface area contributed by atoms with E-state index in [2.05, 4.69) is 10.3 Å². The third-order valence-electron chi connectivity index (χ3n) is 4.36. The molecule has 0 radical (unpaired) electrons. The molecule has 1 unspecified atom stereocenters. The van der Waals surface area contributed by atoms with E-state index in [1.165, 1.54) is 17.4 Å². The second-order valence-corrected chi connectivity index (χ2v) is 7.12. The Bertz CT molecular complexity index is 779. The number of carbonyl (C=O) groups excluding carboxylic acids is 1. The zero-order chi connectivity index (χ0) is 18.7. The number of aromatic nitrogens is 1. The molecule has 0 spiro atoms. The maximum Gasteiger partial charge on any atom is 0.416 e. The number of benzene rings is 1. The number of halogens is 5. The van der Waals surface area contributed by atoms with E-state index in [9.17, 15) is 18.0 Å². The van der Waals surface area contributed by atoms with E-state index in [-0.39, 0.29) is 36.8 Å². The lowest BCUT2D eigenvalue weighted by atomic mass is 10.1.